The van der Waals surface area contributed by atoms with Crippen molar-refractivity contribution >= 4 is 23.8 Å². The van der Waals surface area contributed by atoms with Gasteiger partial charge in [0.1, 0.15) is 11.2 Å². The first-order valence-corrected chi connectivity index (χ1v) is 4.37. The molecule has 0 saturated heterocycles. The van der Waals surface area contributed by atoms with E-state index in [4.69, 9.17) is 4.74 Å². The second-order valence-electron chi connectivity index (χ2n) is 2.38. The Bertz CT molecular complexity index is 259. The van der Waals surface area contributed by atoms with E-state index in [0.717, 1.165) is 0 Å². The van der Waals surface area contributed by atoms with Crippen LogP contribution in [0.15, 0.2) is 22.9 Å². The molecule has 64 valence electrons. The van der Waals surface area contributed by atoms with Crippen molar-refractivity contribution in [1.82, 2.24) is 4.98 Å². The number of ether oxygens (including phenoxy) is 1. The third kappa shape index (κ3) is 2.81. The summed E-state index contributed by atoms with van der Waals surface area (Å²) in [5, 5.41) is 0. The van der Waals surface area contributed by atoms with E-state index in [1.54, 1.807) is 18.3 Å². The van der Waals surface area contributed by atoms with Crippen LogP contribution in [0.1, 0.15) is 0 Å². The van der Waals surface area contributed by atoms with E-state index in [1.165, 1.54) is 7.85 Å². The second-order valence-corrected chi connectivity index (χ2v) is 3.14. The Labute approximate surface area is 79.7 Å². The van der Waals surface area contributed by atoms with Crippen LogP contribution >= 0.6 is 15.9 Å². The lowest BCUT2D eigenvalue weighted by Gasteiger charge is -2.06. The first-order valence-electron chi connectivity index (χ1n) is 3.57. The van der Waals surface area contributed by atoms with Gasteiger partial charge in [-0.3, -0.25) is 4.39 Å². The summed E-state index contributed by atoms with van der Waals surface area (Å²) in [6.07, 6.45) is 0.674. The van der Waals surface area contributed by atoms with Crippen LogP contribution in [-0.2, 0) is 0 Å². The molecular formula is C7H8BBrFNO. The number of pyridine rings is 1. The van der Waals surface area contributed by atoms with Gasteiger partial charge in [0.15, 0.2) is 13.6 Å². The summed E-state index contributed by atoms with van der Waals surface area (Å²) in [5.41, 5.74) is 0. The predicted molar refractivity (Wildman–Crippen MR) is 50.9 cm³/mol. The van der Waals surface area contributed by atoms with Crippen molar-refractivity contribution in [3.05, 3.63) is 22.9 Å². The van der Waals surface area contributed by atoms with E-state index in [1.807, 2.05) is 0 Å². The average Bonchev–Trinajstić information content (AvgIpc) is 2.03. The van der Waals surface area contributed by atoms with Crippen molar-refractivity contribution in [2.75, 3.05) is 6.61 Å². The molecule has 0 radical (unpaired) electrons. The zero-order chi connectivity index (χ0) is 8.97. The molecule has 12 heavy (non-hydrogen) atoms. The van der Waals surface area contributed by atoms with Crippen molar-refractivity contribution in [2.24, 2.45) is 0 Å². The zero-order valence-corrected chi connectivity index (χ0v) is 8.21. The van der Waals surface area contributed by atoms with Crippen molar-refractivity contribution < 1.29 is 9.13 Å². The zero-order valence-electron chi connectivity index (χ0n) is 6.63. The summed E-state index contributed by atoms with van der Waals surface area (Å²) in [5.74, 6) is 0.571. The second kappa shape index (κ2) is 4.45. The average molecular weight is 232 g/mol. The standard InChI is InChI=1S/C7H8BBrFNO/c8-6(10)4-12-5-2-1-3-11-7(5)9/h1-3,6H,4,8H2. The van der Waals surface area contributed by atoms with Crippen LogP contribution in [0.5, 0.6) is 5.75 Å². The van der Waals surface area contributed by atoms with Crippen molar-refractivity contribution in [1.29, 1.82) is 0 Å². The molecule has 1 rings (SSSR count). The molecule has 0 saturated carbocycles. The van der Waals surface area contributed by atoms with Crippen molar-refractivity contribution in [3.63, 3.8) is 0 Å². The quantitative estimate of drug-likeness (QED) is 0.576. The van der Waals surface area contributed by atoms with E-state index in [0.29, 0.717) is 10.4 Å². The Morgan fingerprint density at radius 3 is 3.08 bits per heavy atom. The molecule has 0 aliphatic heterocycles. The molecule has 0 aliphatic rings. The van der Waals surface area contributed by atoms with Gasteiger partial charge in [0.2, 0.25) is 0 Å². The Hall–Kier alpha value is -0.575. The molecule has 0 spiro atoms. The van der Waals surface area contributed by atoms with Gasteiger partial charge in [0.05, 0.1) is 6.07 Å². The van der Waals surface area contributed by atoms with E-state index in [2.05, 4.69) is 20.9 Å². The first kappa shape index (κ1) is 9.51. The van der Waals surface area contributed by atoms with Gasteiger partial charge in [0.25, 0.3) is 0 Å². The lowest BCUT2D eigenvalue weighted by molar-refractivity contribution is 0.247. The van der Waals surface area contributed by atoms with Gasteiger partial charge in [0, 0.05) is 6.20 Å². The molecule has 1 unspecified atom stereocenters. The van der Waals surface area contributed by atoms with Crippen molar-refractivity contribution in [2.45, 2.75) is 6.07 Å². The fourth-order valence-electron chi connectivity index (χ4n) is 0.684. The van der Waals surface area contributed by atoms with Crippen LogP contribution in [0.2, 0.25) is 0 Å². The minimum Gasteiger partial charge on any atom is -0.489 e. The van der Waals surface area contributed by atoms with Gasteiger partial charge in [-0.05, 0) is 28.1 Å². The fraction of sp³-hybridized carbons (Fsp3) is 0.286. The predicted octanol–water partition coefficient (Wildman–Crippen LogP) is 1.15. The summed E-state index contributed by atoms with van der Waals surface area (Å²) >= 11 is 3.19. The first-order chi connectivity index (χ1) is 5.70. The van der Waals surface area contributed by atoms with E-state index < -0.39 is 6.07 Å². The third-order valence-electron chi connectivity index (χ3n) is 1.19. The highest BCUT2D eigenvalue weighted by Gasteiger charge is 2.03. The fourth-order valence-corrected chi connectivity index (χ4v) is 1.05. The summed E-state index contributed by atoms with van der Waals surface area (Å²) in [6, 6.07) is 3.47. The molecule has 0 bridgehead atoms. The largest absolute Gasteiger partial charge is 0.489 e. The molecule has 1 aromatic rings. The number of halogens is 2. The lowest BCUT2D eigenvalue weighted by Crippen LogP contribution is -2.12. The summed E-state index contributed by atoms with van der Waals surface area (Å²) < 4.78 is 18.1. The summed E-state index contributed by atoms with van der Waals surface area (Å²) in [6.45, 7) is 0.0598. The number of alkyl halides is 1. The normalized spacial score (nSPS) is 12.5. The number of nitrogens with zero attached hydrogens (tertiary/aromatic N) is 1. The highest BCUT2D eigenvalue weighted by molar-refractivity contribution is 9.10. The van der Waals surface area contributed by atoms with Crippen LogP contribution in [-0.4, -0.2) is 25.5 Å². The Morgan fingerprint density at radius 2 is 2.50 bits per heavy atom. The SMILES string of the molecule is BC(F)COc1cccnc1Br. The third-order valence-corrected chi connectivity index (χ3v) is 1.79. The molecule has 0 fully saturated rings. The smallest absolute Gasteiger partial charge is 0.152 e. The van der Waals surface area contributed by atoms with Gasteiger partial charge in [-0.1, -0.05) is 0 Å². The van der Waals surface area contributed by atoms with E-state index in [9.17, 15) is 4.39 Å². The monoisotopic (exact) mass is 231 g/mol. The van der Waals surface area contributed by atoms with Crippen LogP contribution in [0.25, 0.3) is 0 Å². The maximum absolute atomic E-state index is 12.4. The number of rotatable bonds is 3. The molecule has 1 aromatic heterocycles. The van der Waals surface area contributed by atoms with Gasteiger partial charge in [-0.2, -0.15) is 0 Å². The summed E-state index contributed by atoms with van der Waals surface area (Å²) in [7, 11) is 1.45. The number of aromatic nitrogens is 1. The van der Waals surface area contributed by atoms with Crippen LogP contribution in [0, 0.1) is 0 Å². The lowest BCUT2D eigenvalue weighted by atomic mass is 10.0. The number of hydrogen-bond donors (Lipinski definition) is 0. The minimum atomic E-state index is -0.961. The molecule has 5 heteroatoms. The van der Waals surface area contributed by atoms with Crippen molar-refractivity contribution in [3.8, 4) is 5.75 Å². The van der Waals surface area contributed by atoms with Gasteiger partial charge >= 0.3 is 0 Å². The highest BCUT2D eigenvalue weighted by Crippen LogP contribution is 2.20. The van der Waals surface area contributed by atoms with Gasteiger partial charge in [-0.25, -0.2) is 4.98 Å². The molecule has 1 atom stereocenters. The molecule has 0 amide bonds. The Morgan fingerprint density at radius 1 is 1.75 bits per heavy atom. The molecule has 0 aliphatic carbocycles. The minimum absolute atomic E-state index is 0.0598. The molecular weight excluding hydrogens is 224 g/mol. The maximum atomic E-state index is 12.4. The van der Waals surface area contributed by atoms with Gasteiger partial charge in [-0.15, -0.1) is 0 Å². The molecule has 1 heterocycles. The van der Waals surface area contributed by atoms with E-state index in [-0.39, 0.29) is 6.61 Å². The summed E-state index contributed by atoms with van der Waals surface area (Å²) in [4.78, 5) is 3.93. The van der Waals surface area contributed by atoms with Crippen LogP contribution in [0.4, 0.5) is 4.39 Å². The van der Waals surface area contributed by atoms with E-state index >= 15 is 0 Å². The molecule has 0 N–H and O–H groups in total. The Kier molecular flexibility index (Phi) is 3.53. The molecule has 2 nitrogen and oxygen atoms in total. The molecule has 0 aromatic carbocycles. The van der Waals surface area contributed by atoms with Crippen LogP contribution < -0.4 is 4.74 Å². The maximum Gasteiger partial charge on any atom is 0.152 e. The van der Waals surface area contributed by atoms with Crippen LogP contribution in [0.3, 0.4) is 0 Å². The number of hydrogen-bond acceptors (Lipinski definition) is 2. The highest BCUT2D eigenvalue weighted by atomic mass is 79.9. The Balaban J connectivity index is 2.57. The van der Waals surface area contributed by atoms with Gasteiger partial charge < -0.3 is 4.74 Å². The topological polar surface area (TPSA) is 22.1 Å².